The number of hydrogen-bond donors (Lipinski definition) is 3. The Morgan fingerprint density at radius 1 is 1.21 bits per heavy atom. The van der Waals surface area contributed by atoms with E-state index in [1.54, 1.807) is 42.3 Å². The molecule has 2 aliphatic carbocycles. The van der Waals surface area contributed by atoms with Crippen LogP contribution in [0.5, 0.6) is 0 Å². The Morgan fingerprint density at radius 3 is 2.51 bits per heavy atom. The van der Waals surface area contributed by atoms with Crippen LogP contribution in [-0.2, 0) is 22.5 Å². The number of carbonyl (C=O) groups is 2. The van der Waals surface area contributed by atoms with Crippen molar-refractivity contribution in [1.82, 2.24) is 30.3 Å². The van der Waals surface area contributed by atoms with Gasteiger partial charge in [0, 0.05) is 36.0 Å². The second kappa shape index (κ2) is 11.5. The maximum Gasteiger partial charge on any atom is 0.270 e. The SMILES string of the molecule is Cc1n[nH]c(C)c1-c1ccc(NC(=O)[C@@H](NC(=O)c2ccnn2CCC[S+](C)[O-])C(C2CC2)C2CC2)nc1F. The molecule has 39 heavy (non-hydrogen) atoms. The Balaban J connectivity index is 1.34. The number of aromatic nitrogens is 5. The lowest BCUT2D eigenvalue weighted by atomic mass is 9.88. The molecule has 0 aromatic carbocycles. The number of pyridine rings is 1. The minimum atomic E-state index is -0.929. The van der Waals surface area contributed by atoms with Crippen molar-refractivity contribution in [2.45, 2.75) is 58.5 Å². The highest BCUT2D eigenvalue weighted by Gasteiger charge is 2.48. The van der Waals surface area contributed by atoms with E-state index < -0.39 is 35.0 Å². The first-order valence-electron chi connectivity index (χ1n) is 13.3. The van der Waals surface area contributed by atoms with Crippen LogP contribution in [-0.4, -0.2) is 59.4 Å². The summed E-state index contributed by atoms with van der Waals surface area (Å²) in [6, 6.07) is 3.98. The summed E-state index contributed by atoms with van der Waals surface area (Å²) in [5.74, 6) is -0.158. The number of aryl methyl sites for hydroxylation is 3. The second-order valence-electron chi connectivity index (χ2n) is 10.6. The minimum Gasteiger partial charge on any atom is -0.617 e. The Bertz CT molecular complexity index is 1320. The molecule has 5 rings (SSSR count). The lowest BCUT2D eigenvalue weighted by molar-refractivity contribution is -0.119. The molecule has 2 atom stereocenters. The number of nitrogens with zero attached hydrogens (tertiary/aromatic N) is 4. The Labute approximate surface area is 229 Å². The molecule has 0 radical (unpaired) electrons. The van der Waals surface area contributed by atoms with Crippen molar-refractivity contribution in [3.05, 3.63) is 47.4 Å². The third kappa shape index (κ3) is 6.33. The fourth-order valence-electron chi connectivity index (χ4n) is 5.41. The van der Waals surface area contributed by atoms with Gasteiger partial charge in [-0.15, -0.1) is 0 Å². The van der Waals surface area contributed by atoms with E-state index in [1.165, 1.54) is 0 Å². The van der Waals surface area contributed by atoms with Crippen LogP contribution in [0.25, 0.3) is 11.1 Å². The monoisotopic (exact) mass is 555 g/mol. The molecule has 3 heterocycles. The average molecular weight is 556 g/mol. The van der Waals surface area contributed by atoms with Crippen LogP contribution in [0.3, 0.4) is 0 Å². The summed E-state index contributed by atoms with van der Waals surface area (Å²) >= 11 is -0.929. The van der Waals surface area contributed by atoms with Crippen LogP contribution >= 0.6 is 0 Å². The van der Waals surface area contributed by atoms with Crippen molar-refractivity contribution in [3.63, 3.8) is 0 Å². The Kier molecular flexibility index (Phi) is 8.03. The smallest absolute Gasteiger partial charge is 0.270 e. The van der Waals surface area contributed by atoms with E-state index >= 15 is 4.39 Å². The van der Waals surface area contributed by atoms with Gasteiger partial charge in [-0.3, -0.25) is 19.4 Å². The summed E-state index contributed by atoms with van der Waals surface area (Å²) < 4.78 is 28.1. The molecule has 0 saturated heterocycles. The van der Waals surface area contributed by atoms with Gasteiger partial charge in [-0.2, -0.15) is 14.6 Å². The van der Waals surface area contributed by atoms with Gasteiger partial charge in [0.1, 0.15) is 23.3 Å². The molecule has 0 bridgehead atoms. The third-order valence-electron chi connectivity index (χ3n) is 7.53. The van der Waals surface area contributed by atoms with Gasteiger partial charge < -0.3 is 15.2 Å². The molecule has 3 aromatic rings. The van der Waals surface area contributed by atoms with E-state index in [2.05, 4.69) is 30.9 Å². The fraction of sp³-hybridized carbons (Fsp3) is 0.519. The topological polar surface area (TPSA) is 141 Å². The molecule has 3 aromatic heterocycles. The molecule has 2 saturated carbocycles. The molecule has 2 aliphatic rings. The molecule has 2 amide bonds. The second-order valence-corrected chi connectivity index (χ2v) is 12.2. The summed E-state index contributed by atoms with van der Waals surface area (Å²) in [4.78, 5) is 31.0. The Hall–Kier alpha value is -3.25. The molecule has 3 N–H and O–H groups in total. The van der Waals surface area contributed by atoms with Gasteiger partial charge in [0.15, 0.2) is 0 Å². The number of nitrogens with one attached hydrogen (secondary N) is 3. The quantitative estimate of drug-likeness (QED) is 0.231. The van der Waals surface area contributed by atoms with E-state index in [4.69, 9.17) is 0 Å². The highest BCUT2D eigenvalue weighted by atomic mass is 32.2. The molecule has 0 aliphatic heterocycles. The van der Waals surface area contributed by atoms with Crippen LogP contribution in [0, 0.1) is 37.5 Å². The van der Waals surface area contributed by atoms with Crippen LogP contribution < -0.4 is 10.6 Å². The maximum atomic E-state index is 15.0. The van der Waals surface area contributed by atoms with Gasteiger partial charge in [0.2, 0.25) is 11.9 Å². The van der Waals surface area contributed by atoms with Crippen molar-refractivity contribution in [2.24, 2.45) is 17.8 Å². The van der Waals surface area contributed by atoms with E-state index in [1.807, 2.05) is 6.92 Å². The van der Waals surface area contributed by atoms with Gasteiger partial charge >= 0.3 is 0 Å². The number of hydrogen-bond acceptors (Lipinski definition) is 6. The number of aromatic amines is 1. The van der Waals surface area contributed by atoms with Crippen LogP contribution in [0.15, 0.2) is 24.4 Å². The molecule has 2 fully saturated rings. The van der Waals surface area contributed by atoms with Crippen LogP contribution in [0.1, 0.15) is 54.0 Å². The first-order valence-corrected chi connectivity index (χ1v) is 15.1. The van der Waals surface area contributed by atoms with Gasteiger partial charge in [0.25, 0.3) is 5.91 Å². The van der Waals surface area contributed by atoms with E-state index in [9.17, 15) is 14.1 Å². The van der Waals surface area contributed by atoms with Gasteiger partial charge in [0.05, 0.1) is 11.9 Å². The predicted octanol–water partition coefficient (Wildman–Crippen LogP) is 3.37. The molecular formula is C27H34FN7O3S. The van der Waals surface area contributed by atoms with Crippen molar-refractivity contribution in [1.29, 1.82) is 0 Å². The average Bonchev–Trinajstić information content (AvgIpc) is 3.82. The van der Waals surface area contributed by atoms with Crippen molar-refractivity contribution >= 4 is 28.8 Å². The molecule has 0 spiro atoms. The normalized spacial score (nSPS) is 16.8. The van der Waals surface area contributed by atoms with E-state index in [-0.39, 0.29) is 11.7 Å². The first kappa shape index (κ1) is 27.3. The number of rotatable bonds is 12. The lowest BCUT2D eigenvalue weighted by Crippen LogP contribution is -2.50. The maximum absolute atomic E-state index is 15.0. The molecule has 10 nitrogen and oxygen atoms in total. The zero-order valence-electron chi connectivity index (χ0n) is 22.4. The fourth-order valence-corrected chi connectivity index (χ4v) is 5.94. The molecule has 12 heteroatoms. The summed E-state index contributed by atoms with van der Waals surface area (Å²) in [6.07, 6.45) is 7.91. The zero-order chi connectivity index (χ0) is 27.7. The standard InChI is InChI=1S/C27H34FN7O3S/c1-15-22(16(2)34-33-15)19-9-10-21(30-25(19)28)31-27(37)24(23(17-5-6-17)18-7-8-18)32-26(36)20-11-12-29-35(20)13-4-14-39(3)38/h9-12,17-18,23-24H,4-8,13-14H2,1-3H3,(H,32,36)(H,33,34)(H,30,31,37)/t24-,39?/m0/s1. The van der Waals surface area contributed by atoms with Crippen molar-refractivity contribution in [2.75, 3.05) is 17.3 Å². The highest BCUT2D eigenvalue weighted by molar-refractivity contribution is 7.90. The third-order valence-corrected chi connectivity index (χ3v) is 8.40. The summed E-state index contributed by atoms with van der Waals surface area (Å²) in [6.45, 7) is 4.05. The predicted molar refractivity (Wildman–Crippen MR) is 146 cm³/mol. The number of halogens is 1. The first-order chi connectivity index (χ1) is 18.7. The van der Waals surface area contributed by atoms with Gasteiger partial charge in [-0.25, -0.2) is 4.98 Å². The van der Waals surface area contributed by atoms with Gasteiger partial charge in [-0.1, -0.05) is 11.2 Å². The Morgan fingerprint density at radius 2 is 1.92 bits per heavy atom. The van der Waals surface area contributed by atoms with E-state index in [0.717, 1.165) is 31.4 Å². The number of anilines is 1. The lowest BCUT2D eigenvalue weighted by Gasteiger charge is -2.27. The summed E-state index contributed by atoms with van der Waals surface area (Å²) in [7, 11) is 0. The largest absolute Gasteiger partial charge is 0.617 e. The minimum absolute atomic E-state index is 0.00758. The van der Waals surface area contributed by atoms with Crippen molar-refractivity contribution in [3.8, 4) is 11.1 Å². The van der Waals surface area contributed by atoms with E-state index in [0.29, 0.717) is 53.1 Å². The highest BCUT2D eigenvalue weighted by Crippen LogP contribution is 2.51. The summed E-state index contributed by atoms with van der Waals surface area (Å²) in [5, 5.41) is 16.9. The number of carbonyl (C=O) groups excluding carboxylic acids is 2. The number of H-pyrrole nitrogens is 1. The molecular weight excluding hydrogens is 521 g/mol. The number of amides is 2. The molecule has 208 valence electrons. The molecule has 1 unspecified atom stereocenters. The van der Waals surface area contributed by atoms with Crippen LogP contribution in [0.4, 0.5) is 10.2 Å². The summed E-state index contributed by atoms with van der Waals surface area (Å²) in [5.41, 5.74) is 2.68. The van der Waals surface area contributed by atoms with Gasteiger partial charge in [-0.05, 0) is 75.5 Å². The van der Waals surface area contributed by atoms with Crippen LogP contribution in [0.2, 0.25) is 0 Å². The zero-order valence-corrected chi connectivity index (χ0v) is 23.2. The van der Waals surface area contributed by atoms with Crippen molar-refractivity contribution < 1.29 is 18.5 Å².